The molecule has 2 aliphatic rings. The number of morpholine rings is 1. The van der Waals surface area contributed by atoms with Crippen LogP contribution >= 0.6 is 0 Å². The van der Waals surface area contributed by atoms with E-state index in [2.05, 4.69) is 39.0 Å². The van der Waals surface area contributed by atoms with Crippen molar-refractivity contribution in [2.75, 3.05) is 19.8 Å². The number of carbonyl (C=O) groups excluding carboxylic acids is 1. The smallest absolute Gasteiger partial charge is 0.223 e. The predicted molar refractivity (Wildman–Crippen MR) is 92.7 cm³/mol. The summed E-state index contributed by atoms with van der Waals surface area (Å²) in [7, 11) is 0. The summed E-state index contributed by atoms with van der Waals surface area (Å²) in [5.41, 5.74) is 4.35. The fourth-order valence-corrected chi connectivity index (χ4v) is 3.96. The van der Waals surface area contributed by atoms with Crippen LogP contribution in [0.2, 0.25) is 0 Å². The largest absolute Gasteiger partial charge is 0.377 e. The normalized spacial score (nSPS) is 22.3. The highest BCUT2D eigenvalue weighted by atomic mass is 16.5. The van der Waals surface area contributed by atoms with Gasteiger partial charge in [0.2, 0.25) is 5.91 Å². The van der Waals surface area contributed by atoms with E-state index in [0.29, 0.717) is 31.5 Å². The molecule has 1 aliphatic heterocycles. The van der Waals surface area contributed by atoms with Crippen molar-refractivity contribution in [1.82, 2.24) is 4.90 Å². The summed E-state index contributed by atoms with van der Waals surface area (Å²) >= 11 is 0. The highest BCUT2D eigenvalue weighted by molar-refractivity contribution is 5.77. The van der Waals surface area contributed by atoms with Crippen molar-refractivity contribution in [1.29, 1.82) is 0 Å². The summed E-state index contributed by atoms with van der Waals surface area (Å²) in [6, 6.07) is 7.10. The maximum absolute atomic E-state index is 12.8. The Balaban J connectivity index is 1.75. The molecule has 0 N–H and O–H groups in total. The van der Waals surface area contributed by atoms with Crippen molar-refractivity contribution in [3.63, 3.8) is 0 Å². The third kappa shape index (κ3) is 3.60. The molecule has 3 heteroatoms. The van der Waals surface area contributed by atoms with Crippen LogP contribution < -0.4 is 0 Å². The summed E-state index contributed by atoms with van der Waals surface area (Å²) in [6.07, 6.45) is 4.30. The second-order valence-corrected chi connectivity index (χ2v) is 7.45. The Morgan fingerprint density at radius 3 is 2.83 bits per heavy atom. The van der Waals surface area contributed by atoms with Crippen molar-refractivity contribution in [3.8, 4) is 0 Å². The van der Waals surface area contributed by atoms with E-state index in [1.165, 1.54) is 36.0 Å². The number of hydrogen-bond acceptors (Lipinski definition) is 2. The third-order valence-corrected chi connectivity index (χ3v) is 5.44. The molecule has 0 spiro atoms. The molecule has 1 saturated heterocycles. The molecule has 0 aromatic heterocycles. The zero-order valence-corrected chi connectivity index (χ0v) is 14.7. The van der Waals surface area contributed by atoms with Gasteiger partial charge in [0.25, 0.3) is 0 Å². The van der Waals surface area contributed by atoms with Crippen LogP contribution in [0.5, 0.6) is 0 Å². The van der Waals surface area contributed by atoms with Gasteiger partial charge >= 0.3 is 0 Å². The van der Waals surface area contributed by atoms with Crippen LogP contribution in [0.1, 0.15) is 56.2 Å². The molecule has 1 amide bonds. The molecule has 1 aliphatic carbocycles. The van der Waals surface area contributed by atoms with Crippen molar-refractivity contribution in [2.45, 2.75) is 58.4 Å². The monoisotopic (exact) mass is 315 g/mol. The molecule has 0 radical (unpaired) electrons. The van der Waals surface area contributed by atoms with Gasteiger partial charge in [0.1, 0.15) is 0 Å². The first-order chi connectivity index (χ1) is 11.1. The molecule has 2 unspecified atom stereocenters. The van der Waals surface area contributed by atoms with Gasteiger partial charge in [-0.1, -0.05) is 32.0 Å². The number of ether oxygens (including phenoxy) is 1. The number of benzene rings is 1. The number of nitrogens with zero attached hydrogens (tertiary/aromatic N) is 1. The number of amides is 1. The van der Waals surface area contributed by atoms with Gasteiger partial charge in [0, 0.05) is 13.0 Å². The van der Waals surface area contributed by atoms with Gasteiger partial charge in [-0.2, -0.15) is 0 Å². The first kappa shape index (κ1) is 16.5. The SMILES string of the molecule is CC(C)C(CC(=O)N1CCOCC1C)c1ccc2c(c1)CCC2. The molecule has 0 bridgehead atoms. The van der Waals surface area contributed by atoms with Crippen molar-refractivity contribution >= 4 is 5.91 Å². The van der Waals surface area contributed by atoms with Gasteiger partial charge in [0.15, 0.2) is 0 Å². The minimum absolute atomic E-state index is 0.198. The topological polar surface area (TPSA) is 29.5 Å². The summed E-state index contributed by atoms with van der Waals surface area (Å²) in [6.45, 7) is 8.60. The fourth-order valence-electron chi connectivity index (χ4n) is 3.96. The van der Waals surface area contributed by atoms with E-state index in [4.69, 9.17) is 4.74 Å². The standard InChI is InChI=1S/C20H29NO2/c1-14(2)19(12-20(22)21-9-10-23-13-15(21)3)18-8-7-16-5-4-6-17(16)11-18/h7-8,11,14-15,19H,4-6,9-10,12-13H2,1-3H3. The molecule has 1 fully saturated rings. The maximum atomic E-state index is 12.8. The number of rotatable bonds is 4. The van der Waals surface area contributed by atoms with Gasteiger partial charge in [0.05, 0.1) is 19.3 Å². The zero-order chi connectivity index (χ0) is 16.4. The van der Waals surface area contributed by atoms with Gasteiger partial charge in [-0.05, 0) is 54.7 Å². The average Bonchev–Trinajstić information content (AvgIpc) is 3.00. The lowest BCUT2D eigenvalue weighted by atomic mass is 9.84. The van der Waals surface area contributed by atoms with Gasteiger partial charge in [-0.25, -0.2) is 0 Å². The minimum Gasteiger partial charge on any atom is -0.377 e. The van der Waals surface area contributed by atoms with Crippen LogP contribution in [-0.4, -0.2) is 36.6 Å². The molecule has 1 heterocycles. The molecular formula is C20H29NO2. The molecule has 1 aromatic rings. The molecule has 2 atom stereocenters. The van der Waals surface area contributed by atoms with Crippen molar-refractivity contribution in [3.05, 3.63) is 34.9 Å². The molecule has 0 saturated carbocycles. The van der Waals surface area contributed by atoms with E-state index >= 15 is 0 Å². The van der Waals surface area contributed by atoms with E-state index in [-0.39, 0.29) is 11.9 Å². The van der Waals surface area contributed by atoms with Crippen LogP contribution in [0.3, 0.4) is 0 Å². The minimum atomic E-state index is 0.198. The van der Waals surface area contributed by atoms with E-state index in [1.54, 1.807) is 0 Å². The van der Waals surface area contributed by atoms with Crippen LogP contribution in [-0.2, 0) is 22.4 Å². The Morgan fingerprint density at radius 2 is 2.09 bits per heavy atom. The summed E-state index contributed by atoms with van der Waals surface area (Å²) in [5.74, 6) is 1.05. The second-order valence-electron chi connectivity index (χ2n) is 7.45. The quantitative estimate of drug-likeness (QED) is 0.850. The lowest BCUT2D eigenvalue weighted by Gasteiger charge is -2.35. The number of aryl methyl sites for hydroxylation is 2. The number of fused-ring (bicyclic) bond motifs is 1. The summed E-state index contributed by atoms with van der Waals surface area (Å²) in [5, 5.41) is 0. The van der Waals surface area contributed by atoms with Gasteiger partial charge < -0.3 is 9.64 Å². The highest BCUT2D eigenvalue weighted by Crippen LogP contribution is 2.32. The molecule has 23 heavy (non-hydrogen) atoms. The molecule has 3 nitrogen and oxygen atoms in total. The number of hydrogen-bond donors (Lipinski definition) is 0. The highest BCUT2D eigenvalue weighted by Gasteiger charge is 2.28. The van der Waals surface area contributed by atoms with Crippen LogP contribution in [0.4, 0.5) is 0 Å². The average molecular weight is 315 g/mol. The van der Waals surface area contributed by atoms with Crippen LogP contribution in [0, 0.1) is 5.92 Å². The maximum Gasteiger partial charge on any atom is 0.223 e. The number of carbonyl (C=O) groups is 1. The predicted octanol–water partition coefficient (Wildman–Crippen LogP) is 3.55. The van der Waals surface area contributed by atoms with E-state index in [1.807, 2.05) is 4.90 Å². The Bertz CT molecular complexity index is 567. The van der Waals surface area contributed by atoms with E-state index < -0.39 is 0 Å². The van der Waals surface area contributed by atoms with E-state index in [0.717, 1.165) is 6.54 Å². The zero-order valence-electron chi connectivity index (χ0n) is 14.7. The Hall–Kier alpha value is -1.35. The third-order valence-electron chi connectivity index (χ3n) is 5.44. The molecule has 1 aromatic carbocycles. The summed E-state index contributed by atoms with van der Waals surface area (Å²) in [4.78, 5) is 14.8. The lowest BCUT2D eigenvalue weighted by molar-refractivity contribution is -0.139. The van der Waals surface area contributed by atoms with Crippen LogP contribution in [0.25, 0.3) is 0 Å². The molecule has 126 valence electrons. The van der Waals surface area contributed by atoms with Gasteiger partial charge in [-0.3, -0.25) is 4.79 Å². The molecular weight excluding hydrogens is 286 g/mol. The Morgan fingerprint density at radius 1 is 1.30 bits per heavy atom. The second kappa shape index (κ2) is 7.04. The van der Waals surface area contributed by atoms with Gasteiger partial charge in [-0.15, -0.1) is 0 Å². The fraction of sp³-hybridized carbons (Fsp3) is 0.650. The first-order valence-corrected chi connectivity index (χ1v) is 9.05. The van der Waals surface area contributed by atoms with Crippen molar-refractivity contribution in [2.24, 2.45) is 5.92 Å². The molecule has 3 rings (SSSR count). The van der Waals surface area contributed by atoms with E-state index in [9.17, 15) is 4.79 Å². The Kier molecular flexibility index (Phi) is 5.05. The Labute approximate surface area is 140 Å². The van der Waals surface area contributed by atoms with Crippen LogP contribution in [0.15, 0.2) is 18.2 Å². The lowest BCUT2D eigenvalue weighted by Crippen LogP contribution is -2.47. The van der Waals surface area contributed by atoms with Crippen molar-refractivity contribution < 1.29 is 9.53 Å². The summed E-state index contributed by atoms with van der Waals surface area (Å²) < 4.78 is 5.46. The first-order valence-electron chi connectivity index (χ1n) is 9.05.